The van der Waals surface area contributed by atoms with Crippen molar-refractivity contribution in [3.05, 3.63) is 107 Å². The third-order valence-corrected chi connectivity index (χ3v) is 9.40. The fraction of sp³-hybridized carbons (Fsp3) is 0.216. The van der Waals surface area contributed by atoms with Crippen LogP contribution < -0.4 is 5.19 Å². The van der Waals surface area contributed by atoms with Crippen LogP contribution in [0, 0.1) is 39.6 Å². The molecule has 0 atom stereocenters. The maximum atomic E-state index is 7.99. The first-order chi connectivity index (χ1) is 24.1. The molecule has 0 unspecified atom stereocenters. The van der Waals surface area contributed by atoms with Gasteiger partial charge >= 0.3 is 0 Å². The number of aryl methyl sites for hydroxylation is 5. The number of hydrogen-bond acceptors (Lipinski definition) is 4. The van der Waals surface area contributed by atoms with Gasteiger partial charge in [0.25, 0.3) is 0 Å². The van der Waals surface area contributed by atoms with Gasteiger partial charge in [0.05, 0.1) is 25.0 Å². The minimum Gasteiger partial charge on any atom is -0.501 e. The van der Waals surface area contributed by atoms with Crippen molar-refractivity contribution in [1.82, 2.24) is 19.5 Å². The van der Waals surface area contributed by atoms with E-state index in [9.17, 15) is 0 Å². The molecule has 3 aromatic carbocycles. The standard InChI is InChI=1S/C22H18N3O.C15H18NSi.Ir/c1-12-5-8-15-18(11-12)26-20-16(9-6-13(2)19(15)20)22-24-21-17(25(22)4)10-7-14(3)23-21;1-12-5-7-13(8-6-12)15-10-9-14(11-16-15)17(2,3)4;/h5-8,10-11H,1-4H3;5-7,9-11H,1-4H3;/q2*-1;/i1D3,2D3;1D3;. The van der Waals surface area contributed by atoms with Crippen LogP contribution >= 0.6 is 0 Å². The molecule has 0 aliphatic heterocycles. The second-order valence-electron chi connectivity index (χ2n) is 11.6. The second-order valence-corrected chi connectivity index (χ2v) is 16.6. The molecule has 0 aliphatic rings. The first-order valence-corrected chi connectivity index (χ1v) is 17.3. The Hall–Kier alpha value is -3.90. The zero-order valence-electron chi connectivity index (χ0n) is 34.0. The van der Waals surface area contributed by atoms with Crippen LogP contribution in [0.25, 0.3) is 55.7 Å². The number of pyridine rings is 2. The Bertz CT molecular complexity index is 2370. The number of furan rings is 1. The van der Waals surface area contributed by atoms with Gasteiger partial charge in [0.1, 0.15) is 5.58 Å². The van der Waals surface area contributed by atoms with E-state index in [2.05, 4.69) is 52.8 Å². The maximum Gasteiger partial charge on any atom is 0.168 e. The monoisotopic (exact) mass is 782 g/mol. The molecule has 225 valence electrons. The summed E-state index contributed by atoms with van der Waals surface area (Å²) in [6, 6.07) is 24.8. The molecule has 0 fully saturated rings. The van der Waals surface area contributed by atoms with Crippen molar-refractivity contribution >= 4 is 46.4 Å². The van der Waals surface area contributed by atoms with Crippen LogP contribution in [0.2, 0.25) is 19.6 Å². The molecule has 0 spiro atoms. The van der Waals surface area contributed by atoms with Crippen molar-refractivity contribution in [1.29, 1.82) is 0 Å². The predicted octanol–water partition coefficient (Wildman–Crippen LogP) is 8.66. The van der Waals surface area contributed by atoms with Gasteiger partial charge in [0.15, 0.2) is 5.65 Å². The first-order valence-electron chi connectivity index (χ1n) is 18.3. The van der Waals surface area contributed by atoms with Gasteiger partial charge in [-0.05, 0) is 48.4 Å². The fourth-order valence-electron chi connectivity index (χ4n) is 4.96. The molecule has 7 aromatic rings. The number of benzene rings is 3. The number of nitrogens with zero attached hydrogens (tertiary/aromatic N) is 4. The maximum absolute atomic E-state index is 7.99. The van der Waals surface area contributed by atoms with Crippen molar-refractivity contribution in [2.24, 2.45) is 7.05 Å². The summed E-state index contributed by atoms with van der Waals surface area (Å²) in [5.41, 5.74) is 5.44. The minimum absolute atomic E-state index is 0. The summed E-state index contributed by atoms with van der Waals surface area (Å²) < 4.78 is 77.0. The van der Waals surface area contributed by atoms with Gasteiger partial charge in [-0.1, -0.05) is 68.6 Å². The van der Waals surface area contributed by atoms with Crippen LogP contribution in [0.4, 0.5) is 0 Å². The molecule has 7 heteroatoms. The van der Waals surface area contributed by atoms with Crippen LogP contribution in [0.3, 0.4) is 0 Å². The van der Waals surface area contributed by atoms with Crippen LogP contribution in [-0.4, -0.2) is 27.6 Å². The number of aromatic nitrogens is 4. The van der Waals surface area contributed by atoms with Crippen molar-refractivity contribution < 1.29 is 36.9 Å². The quantitative estimate of drug-likeness (QED) is 0.133. The molecule has 44 heavy (non-hydrogen) atoms. The smallest absolute Gasteiger partial charge is 0.168 e. The molecule has 4 heterocycles. The molecule has 7 rings (SSSR count). The molecule has 0 saturated carbocycles. The van der Waals surface area contributed by atoms with E-state index in [0.29, 0.717) is 44.5 Å². The van der Waals surface area contributed by atoms with Gasteiger partial charge in [-0.3, -0.25) is 4.98 Å². The molecule has 0 bridgehead atoms. The Morgan fingerprint density at radius 3 is 2.39 bits per heavy atom. The van der Waals surface area contributed by atoms with E-state index in [-0.39, 0.29) is 31.2 Å². The summed E-state index contributed by atoms with van der Waals surface area (Å²) >= 11 is 0. The molecule has 1 radical (unpaired) electrons. The zero-order valence-corrected chi connectivity index (χ0v) is 28.4. The van der Waals surface area contributed by atoms with E-state index >= 15 is 0 Å². The average molecular weight is 782 g/mol. The summed E-state index contributed by atoms with van der Waals surface area (Å²) in [6.07, 6.45) is 1.92. The minimum atomic E-state index is -2.40. The molecular formula is C37H36IrN4OSi-2. The molecule has 5 nitrogen and oxygen atoms in total. The Labute approximate surface area is 286 Å². The van der Waals surface area contributed by atoms with E-state index in [1.54, 1.807) is 18.2 Å². The van der Waals surface area contributed by atoms with Crippen molar-refractivity contribution in [3.8, 4) is 22.6 Å². The summed E-state index contributed by atoms with van der Waals surface area (Å²) in [7, 11) is 0.504. The van der Waals surface area contributed by atoms with Gasteiger partial charge in [-0.25, -0.2) is 4.98 Å². The number of fused-ring (bicyclic) bond motifs is 4. The van der Waals surface area contributed by atoms with E-state index in [0.717, 1.165) is 22.5 Å². The molecule has 0 saturated heterocycles. The van der Waals surface area contributed by atoms with Gasteiger partial charge in [0, 0.05) is 56.8 Å². The Morgan fingerprint density at radius 2 is 1.70 bits per heavy atom. The summed E-state index contributed by atoms with van der Waals surface area (Å²) in [5, 5.41) is 2.24. The molecule has 0 aliphatic carbocycles. The Kier molecular flexibility index (Phi) is 6.05. The van der Waals surface area contributed by atoms with Gasteiger partial charge < -0.3 is 14.0 Å². The number of imidazole rings is 1. The predicted molar refractivity (Wildman–Crippen MR) is 180 cm³/mol. The molecule has 0 N–H and O–H groups in total. The van der Waals surface area contributed by atoms with Crippen LogP contribution in [0.1, 0.15) is 34.7 Å². The van der Waals surface area contributed by atoms with E-state index in [1.165, 1.54) is 29.5 Å². The van der Waals surface area contributed by atoms with Crippen molar-refractivity contribution in [2.45, 2.75) is 47.1 Å². The van der Waals surface area contributed by atoms with E-state index in [4.69, 9.17) is 16.8 Å². The second kappa shape index (κ2) is 12.2. The average Bonchev–Trinajstić information content (AvgIpc) is 3.60. The summed E-state index contributed by atoms with van der Waals surface area (Å²) in [6.45, 7) is 1.92. The Balaban J connectivity index is 0.000000223. The van der Waals surface area contributed by atoms with Crippen LogP contribution in [-0.2, 0) is 27.2 Å². The summed E-state index contributed by atoms with van der Waals surface area (Å²) in [5.74, 6) is 0.523. The SMILES string of the molecule is [2H]C([2H])([2H])c1c[c-]c(-c2ccc([Si](C)(C)C)cn2)cc1.[2H]C([2H])([2H])c1ccc2c(c1)oc1c(-c3nc4nc(C)ccc4n3C)[c-]cc(C([2H])([2H])[2H])c12.[Ir]. The zero-order chi connectivity index (χ0) is 38.0. The topological polar surface area (TPSA) is 56.7 Å². The van der Waals surface area contributed by atoms with Crippen molar-refractivity contribution in [3.63, 3.8) is 0 Å². The first kappa shape index (κ1) is 21.7. The molecular weight excluding hydrogens is 737 g/mol. The van der Waals surface area contributed by atoms with E-state index < -0.39 is 28.6 Å². The van der Waals surface area contributed by atoms with Crippen molar-refractivity contribution in [2.75, 3.05) is 0 Å². The third kappa shape index (κ3) is 6.05. The van der Waals surface area contributed by atoms with Gasteiger partial charge in [-0.15, -0.1) is 53.1 Å². The third-order valence-electron chi connectivity index (χ3n) is 7.37. The van der Waals surface area contributed by atoms with Crippen LogP contribution in [0.15, 0.2) is 77.3 Å². The van der Waals surface area contributed by atoms with Crippen LogP contribution in [0.5, 0.6) is 0 Å². The Morgan fingerprint density at radius 1 is 0.886 bits per heavy atom. The van der Waals surface area contributed by atoms with Gasteiger partial charge in [0.2, 0.25) is 0 Å². The molecule has 0 amide bonds. The largest absolute Gasteiger partial charge is 0.501 e. The van der Waals surface area contributed by atoms with Gasteiger partial charge in [-0.2, -0.15) is 0 Å². The normalized spacial score (nSPS) is 15.3. The molecule has 4 aromatic heterocycles. The number of rotatable bonds is 3. The fourth-order valence-corrected chi connectivity index (χ4v) is 6.00. The number of hydrogen-bond donors (Lipinski definition) is 0. The van der Waals surface area contributed by atoms with E-state index in [1.807, 2.05) is 42.9 Å². The summed E-state index contributed by atoms with van der Waals surface area (Å²) in [4.78, 5) is 13.6.